The molecule has 1 heterocycles. The van der Waals surface area contributed by atoms with E-state index in [1.54, 1.807) is 18.9 Å². The van der Waals surface area contributed by atoms with E-state index in [4.69, 9.17) is 9.47 Å². The van der Waals surface area contributed by atoms with Gasteiger partial charge in [0.2, 0.25) is 0 Å². The van der Waals surface area contributed by atoms with Crippen LogP contribution in [0.2, 0.25) is 0 Å². The lowest BCUT2D eigenvalue weighted by Crippen LogP contribution is -1.98. The Bertz CT molecular complexity index is 735. The fourth-order valence-corrected chi connectivity index (χ4v) is 2.09. The van der Waals surface area contributed by atoms with Crippen molar-refractivity contribution in [1.82, 2.24) is 15.0 Å². The van der Waals surface area contributed by atoms with Crippen LogP contribution in [-0.2, 0) is 0 Å². The van der Waals surface area contributed by atoms with Gasteiger partial charge >= 0.3 is 0 Å². The van der Waals surface area contributed by atoms with Gasteiger partial charge in [-0.05, 0) is 36.4 Å². The summed E-state index contributed by atoms with van der Waals surface area (Å²) < 4.78 is 12.2. The summed E-state index contributed by atoms with van der Waals surface area (Å²) in [5.41, 5.74) is 2.63. The Hall–Kier alpha value is -2.82. The van der Waals surface area contributed by atoms with Crippen LogP contribution in [0.5, 0.6) is 11.5 Å². The summed E-state index contributed by atoms with van der Waals surface area (Å²) in [5, 5.41) is 8.38. The Morgan fingerprint density at radius 3 is 2.38 bits per heavy atom. The quantitative estimate of drug-likeness (QED) is 0.737. The second-order valence-corrected chi connectivity index (χ2v) is 4.45. The van der Waals surface area contributed by atoms with Crippen molar-refractivity contribution in [1.29, 1.82) is 0 Å². The van der Waals surface area contributed by atoms with E-state index in [9.17, 15) is 0 Å². The number of methoxy groups -OCH3 is 2. The molecule has 0 aliphatic rings. The number of aromatic nitrogens is 3. The highest BCUT2D eigenvalue weighted by atomic mass is 16.5. The highest BCUT2D eigenvalue weighted by Crippen LogP contribution is 2.24. The number of benzene rings is 2. The molecule has 0 amide bonds. The average molecular weight is 281 g/mol. The summed E-state index contributed by atoms with van der Waals surface area (Å²) in [5.74, 6) is 1.57. The van der Waals surface area contributed by atoms with Crippen LogP contribution in [0.15, 0.2) is 54.7 Å². The molecular formula is C16H15N3O2. The molecule has 0 spiro atoms. The molecule has 0 fully saturated rings. The summed E-state index contributed by atoms with van der Waals surface area (Å²) in [7, 11) is 3.28. The van der Waals surface area contributed by atoms with Crippen LogP contribution in [0, 0.1) is 0 Å². The van der Waals surface area contributed by atoms with E-state index in [0.717, 1.165) is 28.4 Å². The summed E-state index contributed by atoms with van der Waals surface area (Å²) in [4.78, 5) is 0. The van der Waals surface area contributed by atoms with E-state index in [0.29, 0.717) is 0 Å². The number of para-hydroxylation sites is 2. The van der Waals surface area contributed by atoms with E-state index in [2.05, 4.69) is 10.3 Å². The van der Waals surface area contributed by atoms with Crippen LogP contribution in [0.3, 0.4) is 0 Å². The zero-order valence-corrected chi connectivity index (χ0v) is 11.9. The minimum absolute atomic E-state index is 0.753. The molecule has 5 heteroatoms. The molecule has 3 rings (SSSR count). The monoisotopic (exact) mass is 281 g/mol. The summed E-state index contributed by atoms with van der Waals surface area (Å²) in [6.07, 6.45) is 1.87. The van der Waals surface area contributed by atoms with Gasteiger partial charge in [-0.25, -0.2) is 4.68 Å². The maximum absolute atomic E-state index is 5.34. The van der Waals surface area contributed by atoms with E-state index in [-0.39, 0.29) is 0 Å². The van der Waals surface area contributed by atoms with Crippen molar-refractivity contribution in [2.45, 2.75) is 0 Å². The minimum Gasteiger partial charge on any atom is -0.497 e. The van der Waals surface area contributed by atoms with E-state index >= 15 is 0 Å². The molecule has 0 saturated carbocycles. The number of ether oxygens (including phenoxy) is 2. The molecule has 0 saturated heterocycles. The number of rotatable bonds is 4. The molecule has 3 aromatic rings. The molecule has 21 heavy (non-hydrogen) atoms. The molecule has 0 unspecified atom stereocenters. The Kier molecular flexibility index (Phi) is 3.55. The fraction of sp³-hybridized carbons (Fsp3) is 0.125. The molecule has 0 radical (unpaired) electrons. The molecule has 5 nitrogen and oxygen atoms in total. The number of hydrogen-bond acceptors (Lipinski definition) is 4. The summed E-state index contributed by atoms with van der Waals surface area (Å²) in [6.45, 7) is 0. The van der Waals surface area contributed by atoms with Crippen LogP contribution in [0.25, 0.3) is 16.9 Å². The van der Waals surface area contributed by atoms with Crippen molar-refractivity contribution < 1.29 is 9.47 Å². The van der Waals surface area contributed by atoms with Crippen molar-refractivity contribution in [2.75, 3.05) is 14.2 Å². The fourth-order valence-electron chi connectivity index (χ4n) is 2.09. The SMILES string of the molecule is COc1ccc(-c2cn(-c3ccccc3OC)nn2)cc1. The topological polar surface area (TPSA) is 49.2 Å². The van der Waals surface area contributed by atoms with Crippen molar-refractivity contribution in [3.8, 4) is 28.4 Å². The third-order valence-electron chi connectivity index (χ3n) is 3.21. The van der Waals surface area contributed by atoms with Crippen LogP contribution >= 0.6 is 0 Å². The Morgan fingerprint density at radius 2 is 1.67 bits per heavy atom. The summed E-state index contributed by atoms with van der Waals surface area (Å²) in [6, 6.07) is 15.4. The van der Waals surface area contributed by atoms with Gasteiger partial charge in [-0.3, -0.25) is 0 Å². The molecule has 0 N–H and O–H groups in total. The highest BCUT2D eigenvalue weighted by molar-refractivity contribution is 5.59. The van der Waals surface area contributed by atoms with Gasteiger partial charge in [-0.2, -0.15) is 0 Å². The molecule has 106 valence electrons. The maximum Gasteiger partial charge on any atom is 0.144 e. The molecule has 0 aliphatic carbocycles. The average Bonchev–Trinajstić information content (AvgIpc) is 3.04. The molecular weight excluding hydrogens is 266 g/mol. The molecule has 1 aromatic heterocycles. The van der Waals surface area contributed by atoms with E-state index in [1.807, 2.05) is 54.7 Å². The van der Waals surface area contributed by atoms with E-state index < -0.39 is 0 Å². The minimum atomic E-state index is 0.753. The zero-order valence-electron chi connectivity index (χ0n) is 11.9. The second kappa shape index (κ2) is 5.66. The first kappa shape index (κ1) is 13.2. The first-order valence-electron chi connectivity index (χ1n) is 6.52. The van der Waals surface area contributed by atoms with Gasteiger partial charge in [0.15, 0.2) is 0 Å². The third kappa shape index (κ3) is 2.58. The molecule has 0 bridgehead atoms. The van der Waals surface area contributed by atoms with Gasteiger partial charge in [0.25, 0.3) is 0 Å². The van der Waals surface area contributed by atoms with E-state index in [1.165, 1.54) is 0 Å². The van der Waals surface area contributed by atoms with Crippen molar-refractivity contribution in [2.24, 2.45) is 0 Å². The van der Waals surface area contributed by atoms with Gasteiger partial charge < -0.3 is 9.47 Å². The van der Waals surface area contributed by atoms with Crippen molar-refractivity contribution >= 4 is 0 Å². The normalized spacial score (nSPS) is 10.4. The predicted molar refractivity (Wildman–Crippen MR) is 79.9 cm³/mol. The van der Waals surface area contributed by atoms with Crippen molar-refractivity contribution in [3.63, 3.8) is 0 Å². The largest absolute Gasteiger partial charge is 0.497 e. The summed E-state index contributed by atoms with van der Waals surface area (Å²) >= 11 is 0. The molecule has 0 atom stereocenters. The first-order chi connectivity index (χ1) is 10.3. The lowest BCUT2D eigenvalue weighted by Gasteiger charge is -2.06. The Morgan fingerprint density at radius 1 is 0.905 bits per heavy atom. The lowest BCUT2D eigenvalue weighted by molar-refractivity contribution is 0.411. The molecule has 0 aliphatic heterocycles. The Labute approximate surface area is 122 Å². The van der Waals surface area contributed by atoms with Gasteiger partial charge in [-0.15, -0.1) is 5.10 Å². The smallest absolute Gasteiger partial charge is 0.144 e. The highest BCUT2D eigenvalue weighted by Gasteiger charge is 2.09. The Balaban J connectivity index is 1.95. The number of nitrogens with zero attached hydrogens (tertiary/aromatic N) is 3. The van der Waals surface area contributed by atoms with Gasteiger partial charge in [0, 0.05) is 5.56 Å². The zero-order chi connectivity index (χ0) is 14.7. The first-order valence-corrected chi connectivity index (χ1v) is 6.52. The lowest BCUT2D eigenvalue weighted by atomic mass is 10.1. The van der Waals surface area contributed by atoms with Gasteiger partial charge in [0.05, 0.1) is 20.4 Å². The van der Waals surface area contributed by atoms with Crippen LogP contribution in [0.4, 0.5) is 0 Å². The number of hydrogen-bond donors (Lipinski definition) is 0. The predicted octanol–water partition coefficient (Wildman–Crippen LogP) is 2.95. The standard InChI is InChI=1S/C16H15N3O2/c1-20-13-9-7-12(8-10-13)14-11-19(18-17-14)15-5-3-4-6-16(15)21-2/h3-11H,1-2H3. The van der Waals surface area contributed by atoms with Crippen LogP contribution < -0.4 is 9.47 Å². The van der Waals surface area contributed by atoms with Crippen LogP contribution in [-0.4, -0.2) is 29.2 Å². The third-order valence-corrected chi connectivity index (χ3v) is 3.21. The molecule has 2 aromatic carbocycles. The van der Waals surface area contributed by atoms with Crippen LogP contribution in [0.1, 0.15) is 0 Å². The maximum atomic E-state index is 5.34. The van der Waals surface area contributed by atoms with Crippen molar-refractivity contribution in [3.05, 3.63) is 54.7 Å². The van der Waals surface area contributed by atoms with Gasteiger partial charge in [0.1, 0.15) is 22.9 Å². The van der Waals surface area contributed by atoms with Gasteiger partial charge in [-0.1, -0.05) is 17.3 Å². The second-order valence-electron chi connectivity index (χ2n) is 4.45.